The molecule has 2 atom stereocenters. The van der Waals surface area contributed by atoms with Crippen LogP contribution in [0.15, 0.2) is 0 Å². The summed E-state index contributed by atoms with van der Waals surface area (Å²) in [6.07, 6.45) is 3.82. The smallest absolute Gasteiger partial charge is 0.0487 e. The standard InChI is InChI=1S/C8H16O/c1-7-4-3-5-8(7,2)6-9/h7,9H,3-6H2,1-2H3/t7-,8?/m0/s1. The molecule has 0 amide bonds. The molecule has 1 unspecified atom stereocenters. The Balaban J connectivity index is 2.56. The maximum absolute atomic E-state index is 9.00. The molecule has 9 heavy (non-hydrogen) atoms. The van der Waals surface area contributed by atoms with Crippen molar-refractivity contribution in [1.29, 1.82) is 0 Å². The molecule has 1 heteroatoms. The molecule has 0 spiro atoms. The largest absolute Gasteiger partial charge is 0.396 e. The summed E-state index contributed by atoms with van der Waals surface area (Å²) in [5, 5.41) is 9.00. The molecule has 0 radical (unpaired) electrons. The zero-order valence-electron chi connectivity index (χ0n) is 6.35. The van der Waals surface area contributed by atoms with Crippen molar-refractivity contribution in [2.45, 2.75) is 33.1 Å². The Morgan fingerprint density at radius 1 is 1.67 bits per heavy atom. The summed E-state index contributed by atoms with van der Waals surface area (Å²) in [6, 6.07) is 0. The summed E-state index contributed by atoms with van der Waals surface area (Å²) in [6.45, 7) is 4.79. The average Bonchev–Trinajstić information content (AvgIpc) is 2.15. The van der Waals surface area contributed by atoms with Crippen LogP contribution in [0.25, 0.3) is 0 Å². The van der Waals surface area contributed by atoms with Crippen LogP contribution in [0, 0.1) is 11.3 Å². The molecule has 0 aromatic heterocycles. The highest BCUT2D eigenvalue weighted by Gasteiger charge is 2.34. The van der Waals surface area contributed by atoms with Crippen molar-refractivity contribution in [3.05, 3.63) is 0 Å². The van der Waals surface area contributed by atoms with Crippen LogP contribution >= 0.6 is 0 Å². The van der Waals surface area contributed by atoms with E-state index in [9.17, 15) is 0 Å². The molecule has 0 aromatic rings. The van der Waals surface area contributed by atoms with Gasteiger partial charge in [-0.2, -0.15) is 0 Å². The first-order valence-corrected chi connectivity index (χ1v) is 3.80. The van der Waals surface area contributed by atoms with Gasteiger partial charge in [0.2, 0.25) is 0 Å². The first-order valence-electron chi connectivity index (χ1n) is 3.80. The monoisotopic (exact) mass is 128 g/mol. The third kappa shape index (κ3) is 1.11. The van der Waals surface area contributed by atoms with Crippen molar-refractivity contribution in [2.24, 2.45) is 11.3 Å². The maximum atomic E-state index is 9.00. The van der Waals surface area contributed by atoms with Crippen LogP contribution < -0.4 is 0 Å². The van der Waals surface area contributed by atoms with Crippen LogP contribution in [0.5, 0.6) is 0 Å². The second kappa shape index (κ2) is 2.30. The van der Waals surface area contributed by atoms with Gasteiger partial charge in [-0.15, -0.1) is 0 Å². The molecule has 1 aliphatic carbocycles. The maximum Gasteiger partial charge on any atom is 0.0487 e. The predicted molar refractivity (Wildman–Crippen MR) is 38.2 cm³/mol. The first-order chi connectivity index (χ1) is 4.19. The molecule has 0 aliphatic heterocycles. The van der Waals surface area contributed by atoms with E-state index in [4.69, 9.17) is 5.11 Å². The van der Waals surface area contributed by atoms with E-state index in [-0.39, 0.29) is 5.41 Å². The van der Waals surface area contributed by atoms with Gasteiger partial charge in [0.1, 0.15) is 0 Å². The third-order valence-corrected chi connectivity index (χ3v) is 2.94. The number of rotatable bonds is 1. The Morgan fingerprint density at radius 2 is 2.33 bits per heavy atom. The van der Waals surface area contributed by atoms with Crippen molar-refractivity contribution in [2.75, 3.05) is 6.61 Å². The van der Waals surface area contributed by atoms with Gasteiger partial charge < -0.3 is 5.11 Å². The van der Waals surface area contributed by atoms with Crippen molar-refractivity contribution >= 4 is 0 Å². The molecule has 1 fully saturated rings. The van der Waals surface area contributed by atoms with Gasteiger partial charge in [-0.3, -0.25) is 0 Å². The number of aliphatic hydroxyl groups excluding tert-OH is 1. The fourth-order valence-electron chi connectivity index (χ4n) is 1.64. The SMILES string of the molecule is C[C@H]1CCCC1(C)CO. The van der Waals surface area contributed by atoms with Crippen molar-refractivity contribution in [3.8, 4) is 0 Å². The van der Waals surface area contributed by atoms with Gasteiger partial charge in [0, 0.05) is 6.61 Å². The molecule has 0 heterocycles. The molecule has 0 saturated heterocycles. The van der Waals surface area contributed by atoms with Crippen LogP contribution in [0.4, 0.5) is 0 Å². The average molecular weight is 128 g/mol. The fourth-order valence-corrected chi connectivity index (χ4v) is 1.64. The molecule has 0 bridgehead atoms. The van der Waals surface area contributed by atoms with E-state index < -0.39 is 0 Å². The van der Waals surface area contributed by atoms with Gasteiger partial charge in [0.05, 0.1) is 0 Å². The second-order valence-electron chi connectivity index (χ2n) is 3.61. The van der Waals surface area contributed by atoms with Crippen LogP contribution in [0.1, 0.15) is 33.1 Å². The van der Waals surface area contributed by atoms with E-state index in [1.165, 1.54) is 19.3 Å². The van der Waals surface area contributed by atoms with Gasteiger partial charge in [-0.05, 0) is 17.8 Å². The zero-order chi connectivity index (χ0) is 6.91. The van der Waals surface area contributed by atoms with E-state index in [0.717, 1.165) is 5.92 Å². The van der Waals surface area contributed by atoms with Crippen LogP contribution in [-0.2, 0) is 0 Å². The highest BCUT2D eigenvalue weighted by molar-refractivity contribution is 4.84. The quantitative estimate of drug-likeness (QED) is 0.571. The Labute approximate surface area is 57.1 Å². The summed E-state index contributed by atoms with van der Waals surface area (Å²) in [5.74, 6) is 0.725. The lowest BCUT2D eigenvalue weighted by atomic mass is 9.82. The van der Waals surface area contributed by atoms with E-state index in [2.05, 4.69) is 13.8 Å². The molecule has 0 aromatic carbocycles. The van der Waals surface area contributed by atoms with Crippen LogP contribution in [0.3, 0.4) is 0 Å². The van der Waals surface area contributed by atoms with Crippen molar-refractivity contribution < 1.29 is 5.11 Å². The number of hydrogen-bond acceptors (Lipinski definition) is 1. The van der Waals surface area contributed by atoms with Gasteiger partial charge in [-0.25, -0.2) is 0 Å². The summed E-state index contributed by atoms with van der Waals surface area (Å²) < 4.78 is 0. The molecule has 1 aliphatic rings. The third-order valence-electron chi connectivity index (χ3n) is 2.94. The minimum atomic E-state index is 0.250. The molecule has 1 saturated carbocycles. The molecule has 54 valence electrons. The number of aliphatic hydroxyl groups is 1. The lowest BCUT2D eigenvalue weighted by molar-refractivity contribution is 0.110. The first kappa shape index (κ1) is 7.07. The highest BCUT2D eigenvalue weighted by Crippen LogP contribution is 2.41. The Kier molecular flexibility index (Phi) is 1.80. The summed E-state index contributed by atoms with van der Waals surface area (Å²) in [4.78, 5) is 0. The second-order valence-corrected chi connectivity index (χ2v) is 3.61. The van der Waals surface area contributed by atoms with Gasteiger partial charge in [0.25, 0.3) is 0 Å². The van der Waals surface area contributed by atoms with E-state index in [1.807, 2.05) is 0 Å². The number of hydrogen-bond donors (Lipinski definition) is 1. The Hall–Kier alpha value is -0.0400. The Morgan fingerprint density at radius 3 is 2.56 bits per heavy atom. The van der Waals surface area contributed by atoms with E-state index >= 15 is 0 Å². The summed E-state index contributed by atoms with van der Waals surface area (Å²) >= 11 is 0. The Bertz CT molecular complexity index is 101. The van der Waals surface area contributed by atoms with Gasteiger partial charge in [-0.1, -0.05) is 26.7 Å². The molecular formula is C8H16O. The van der Waals surface area contributed by atoms with Crippen molar-refractivity contribution in [3.63, 3.8) is 0 Å². The lowest BCUT2D eigenvalue weighted by Gasteiger charge is -2.25. The lowest BCUT2D eigenvalue weighted by Crippen LogP contribution is -2.23. The zero-order valence-corrected chi connectivity index (χ0v) is 6.35. The molecule has 1 nitrogen and oxygen atoms in total. The summed E-state index contributed by atoms with van der Waals surface area (Å²) in [5.41, 5.74) is 0.250. The van der Waals surface area contributed by atoms with Crippen molar-refractivity contribution in [1.82, 2.24) is 0 Å². The normalized spacial score (nSPS) is 43.7. The van der Waals surface area contributed by atoms with Gasteiger partial charge in [0.15, 0.2) is 0 Å². The van der Waals surface area contributed by atoms with Gasteiger partial charge >= 0.3 is 0 Å². The topological polar surface area (TPSA) is 20.2 Å². The van der Waals surface area contributed by atoms with E-state index in [0.29, 0.717) is 6.61 Å². The van der Waals surface area contributed by atoms with E-state index in [1.54, 1.807) is 0 Å². The van der Waals surface area contributed by atoms with Crippen LogP contribution in [0.2, 0.25) is 0 Å². The highest BCUT2D eigenvalue weighted by atomic mass is 16.3. The fraction of sp³-hybridized carbons (Fsp3) is 1.00. The minimum absolute atomic E-state index is 0.250. The molecular weight excluding hydrogens is 112 g/mol. The molecule has 1 N–H and O–H groups in total. The molecule has 1 rings (SSSR count). The minimum Gasteiger partial charge on any atom is -0.396 e. The summed E-state index contributed by atoms with van der Waals surface area (Å²) in [7, 11) is 0. The van der Waals surface area contributed by atoms with Crippen LogP contribution in [-0.4, -0.2) is 11.7 Å². The predicted octanol–water partition coefficient (Wildman–Crippen LogP) is 1.81.